The summed E-state index contributed by atoms with van der Waals surface area (Å²) in [6.07, 6.45) is 0. The van der Waals surface area contributed by atoms with Crippen LogP contribution in [0.4, 0.5) is 0 Å². The maximum atomic E-state index is 5.30. The molecule has 0 saturated heterocycles. The molecule has 13 heavy (non-hydrogen) atoms. The zero-order valence-corrected chi connectivity index (χ0v) is 8.34. The van der Waals surface area contributed by atoms with Gasteiger partial charge < -0.3 is 4.74 Å². The molecule has 0 unspecified atom stereocenters. The maximum absolute atomic E-state index is 5.30. The highest BCUT2D eigenvalue weighted by Crippen LogP contribution is 2.12. The molecule has 0 spiro atoms. The smallest absolute Gasteiger partial charge is 0.0716 e. The summed E-state index contributed by atoms with van der Waals surface area (Å²) >= 11 is 0. The number of hydrogen-bond acceptors (Lipinski definition) is 1. The zero-order valence-electron chi connectivity index (χ0n) is 8.34. The van der Waals surface area contributed by atoms with Crippen molar-refractivity contribution in [1.29, 1.82) is 0 Å². The van der Waals surface area contributed by atoms with Crippen molar-refractivity contribution in [2.45, 2.75) is 20.5 Å². The van der Waals surface area contributed by atoms with Gasteiger partial charge in [0.05, 0.1) is 6.61 Å². The zero-order chi connectivity index (χ0) is 9.68. The first kappa shape index (κ1) is 10.0. The van der Waals surface area contributed by atoms with Crippen molar-refractivity contribution in [3.05, 3.63) is 42.0 Å². The van der Waals surface area contributed by atoms with E-state index in [1.54, 1.807) is 0 Å². The van der Waals surface area contributed by atoms with Crippen LogP contribution in [-0.4, -0.2) is 6.61 Å². The van der Waals surface area contributed by atoms with Crippen molar-refractivity contribution >= 4 is 5.57 Å². The van der Waals surface area contributed by atoms with E-state index in [-0.39, 0.29) is 0 Å². The molecule has 0 fully saturated rings. The fraction of sp³-hybridized carbons (Fsp3) is 0.333. The van der Waals surface area contributed by atoms with Crippen LogP contribution in [0.15, 0.2) is 30.8 Å². The van der Waals surface area contributed by atoms with E-state index in [1.165, 1.54) is 11.1 Å². The quantitative estimate of drug-likeness (QED) is 0.684. The highest BCUT2D eigenvalue weighted by atomic mass is 16.5. The van der Waals surface area contributed by atoms with Crippen LogP contribution in [0, 0.1) is 0 Å². The van der Waals surface area contributed by atoms with Gasteiger partial charge in [-0.15, -0.1) is 0 Å². The van der Waals surface area contributed by atoms with Crippen LogP contribution in [0.2, 0.25) is 0 Å². The van der Waals surface area contributed by atoms with Crippen molar-refractivity contribution in [3.8, 4) is 0 Å². The molecule has 1 aromatic carbocycles. The Hall–Kier alpha value is -1.08. The first-order valence-corrected chi connectivity index (χ1v) is 4.56. The molecular weight excluding hydrogens is 160 g/mol. The number of hydrogen-bond donors (Lipinski definition) is 0. The minimum absolute atomic E-state index is 0.701. The van der Waals surface area contributed by atoms with E-state index in [9.17, 15) is 0 Å². The second-order valence-electron chi connectivity index (χ2n) is 3.11. The minimum atomic E-state index is 0.701. The van der Waals surface area contributed by atoms with E-state index < -0.39 is 0 Å². The van der Waals surface area contributed by atoms with Gasteiger partial charge in [0, 0.05) is 6.61 Å². The van der Waals surface area contributed by atoms with E-state index in [0.717, 1.165) is 12.2 Å². The molecule has 1 nitrogen and oxygen atoms in total. The van der Waals surface area contributed by atoms with E-state index in [4.69, 9.17) is 4.74 Å². The predicted molar refractivity (Wildman–Crippen MR) is 56.5 cm³/mol. The topological polar surface area (TPSA) is 9.23 Å². The van der Waals surface area contributed by atoms with Crippen molar-refractivity contribution in [3.63, 3.8) is 0 Å². The van der Waals surface area contributed by atoms with Crippen LogP contribution in [-0.2, 0) is 11.3 Å². The van der Waals surface area contributed by atoms with Gasteiger partial charge in [0.2, 0.25) is 0 Å². The number of ether oxygens (including phenoxy) is 1. The largest absolute Gasteiger partial charge is 0.377 e. The van der Waals surface area contributed by atoms with Gasteiger partial charge >= 0.3 is 0 Å². The second kappa shape index (κ2) is 4.83. The second-order valence-corrected chi connectivity index (χ2v) is 3.11. The normalized spacial score (nSPS) is 10.0. The van der Waals surface area contributed by atoms with Crippen LogP contribution in [0.5, 0.6) is 0 Å². The molecule has 0 saturated carbocycles. The van der Waals surface area contributed by atoms with Crippen LogP contribution in [0.1, 0.15) is 25.0 Å². The van der Waals surface area contributed by atoms with Crippen LogP contribution < -0.4 is 0 Å². The third-order valence-electron chi connectivity index (χ3n) is 1.92. The molecule has 0 aliphatic heterocycles. The molecule has 0 amide bonds. The Bertz CT molecular complexity index is 272. The van der Waals surface area contributed by atoms with Gasteiger partial charge in [-0.1, -0.05) is 36.4 Å². The van der Waals surface area contributed by atoms with Gasteiger partial charge in [-0.2, -0.15) is 0 Å². The molecule has 0 heterocycles. The van der Waals surface area contributed by atoms with Crippen molar-refractivity contribution in [1.82, 2.24) is 0 Å². The summed E-state index contributed by atoms with van der Waals surface area (Å²) in [4.78, 5) is 0. The Labute approximate surface area is 80.0 Å². The van der Waals surface area contributed by atoms with Gasteiger partial charge in [-0.25, -0.2) is 0 Å². The number of rotatable bonds is 4. The highest BCUT2D eigenvalue weighted by molar-refractivity contribution is 5.61. The number of benzene rings is 1. The summed E-state index contributed by atoms with van der Waals surface area (Å²) in [5, 5.41) is 0. The fourth-order valence-corrected chi connectivity index (χ4v) is 1.11. The molecule has 0 bridgehead atoms. The average molecular weight is 176 g/mol. The van der Waals surface area contributed by atoms with Gasteiger partial charge in [-0.05, 0) is 25.0 Å². The minimum Gasteiger partial charge on any atom is -0.377 e. The van der Waals surface area contributed by atoms with Crippen molar-refractivity contribution in [2.75, 3.05) is 6.61 Å². The average Bonchev–Trinajstić information content (AvgIpc) is 2.15. The van der Waals surface area contributed by atoms with E-state index in [2.05, 4.69) is 30.8 Å². The van der Waals surface area contributed by atoms with Gasteiger partial charge in [-0.3, -0.25) is 0 Å². The van der Waals surface area contributed by atoms with Crippen molar-refractivity contribution < 1.29 is 4.74 Å². The summed E-state index contributed by atoms with van der Waals surface area (Å²) in [6, 6.07) is 8.33. The maximum Gasteiger partial charge on any atom is 0.0716 e. The van der Waals surface area contributed by atoms with Crippen LogP contribution >= 0.6 is 0 Å². The Morgan fingerprint density at radius 2 is 1.92 bits per heavy atom. The van der Waals surface area contributed by atoms with Gasteiger partial charge in [0.15, 0.2) is 0 Å². The third kappa shape index (κ3) is 3.03. The highest BCUT2D eigenvalue weighted by Gasteiger charge is 1.94. The Morgan fingerprint density at radius 1 is 1.31 bits per heavy atom. The molecule has 70 valence electrons. The number of allylic oxidation sites excluding steroid dienone is 1. The molecule has 0 aromatic heterocycles. The molecule has 0 aliphatic carbocycles. The first-order chi connectivity index (χ1) is 6.24. The summed E-state index contributed by atoms with van der Waals surface area (Å²) in [5.41, 5.74) is 3.51. The lowest BCUT2D eigenvalue weighted by molar-refractivity contribution is 0.134. The molecule has 1 aromatic rings. The summed E-state index contributed by atoms with van der Waals surface area (Å²) < 4.78 is 5.30. The Kier molecular flexibility index (Phi) is 3.71. The summed E-state index contributed by atoms with van der Waals surface area (Å²) in [7, 11) is 0. The molecule has 0 atom stereocenters. The lowest BCUT2D eigenvalue weighted by Gasteiger charge is -2.03. The monoisotopic (exact) mass is 176 g/mol. The molecule has 1 heteroatoms. The molecular formula is C12H16O. The lowest BCUT2D eigenvalue weighted by atomic mass is 10.1. The molecule has 1 rings (SSSR count). The standard InChI is InChI=1S/C12H16O/c1-4-13-9-11-5-7-12(8-6-11)10(2)3/h5-8H,2,4,9H2,1,3H3. The van der Waals surface area contributed by atoms with Gasteiger partial charge in [0.1, 0.15) is 0 Å². The van der Waals surface area contributed by atoms with E-state index >= 15 is 0 Å². The van der Waals surface area contributed by atoms with Crippen molar-refractivity contribution in [2.24, 2.45) is 0 Å². The SMILES string of the molecule is C=C(C)c1ccc(COCC)cc1. The first-order valence-electron chi connectivity index (χ1n) is 4.56. The Morgan fingerprint density at radius 3 is 2.38 bits per heavy atom. The van der Waals surface area contributed by atoms with E-state index in [0.29, 0.717) is 6.61 Å². The summed E-state index contributed by atoms with van der Waals surface area (Å²) in [6.45, 7) is 9.37. The van der Waals surface area contributed by atoms with Crippen LogP contribution in [0.3, 0.4) is 0 Å². The van der Waals surface area contributed by atoms with Crippen LogP contribution in [0.25, 0.3) is 5.57 Å². The Balaban J connectivity index is 2.64. The molecule has 0 N–H and O–H groups in total. The van der Waals surface area contributed by atoms with E-state index in [1.807, 2.05) is 13.8 Å². The predicted octanol–water partition coefficient (Wildman–Crippen LogP) is 3.26. The third-order valence-corrected chi connectivity index (χ3v) is 1.92. The fourth-order valence-electron chi connectivity index (χ4n) is 1.11. The molecule has 0 radical (unpaired) electrons. The molecule has 0 aliphatic rings. The van der Waals surface area contributed by atoms with Gasteiger partial charge in [0.25, 0.3) is 0 Å². The lowest BCUT2D eigenvalue weighted by Crippen LogP contribution is -1.91. The summed E-state index contributed by atoms with van der Waals surface area (Å²) in [5.74, 6) is 0.